The summed E-state index contributed by atoms with van der Waals surface area (Å²) in [5, 5.41) is 13.5. The van der Waals surface area contributed by atoms with Crippen LogP contribution in [-0.2, 0) is 11.4 Å². The number of ether oxygens (including phenoxy) is 1. The Kier molecular flexibility index (Phi) is 5.73. The number of rotatable bonds is 5. The minimum Gasteiger partial charge on any atom is -0.488 e. The summed E-state index contributed by atoms with van der Waals surface area (Å²) in [7, 11) is 3.36. The van der Waals surface area contributed by atoms with Crippen molar-refractivity contribution in [1.82, 2.24) is 4.90 Å². The minimum absolute atomic E-state index is 0.0363. The molecule has 3 aromatic rings. The van der Waals surface area contributed by atoms with Gasteiger partial charge in [-0.05, 0) is 52.4 Å². The van der Waals surface area contributed by atoms with Crippen LogP contribution in [0.25, 0.3) is 16.8 Å². The van der Waals surface area contributed by atoms with Crippen molar-refractivity contribution in [3.8, 4) is 5.75 Å². The Morgan fingerprint density at radius 3 is 2.55 bits per heavy atom. The SMILES string of the molecule is CN=C1S/C(=C/c2c(OCc3ccc([N+](=O)[O-])cc3)ccc3ccccc23)C(=O)N1C. The Morgan fingerprint density at radius 1 is 1.13 bits per heavy atom. The zero-order valence-corrected chi connectivity index (χ0v) is 17.8. The van der Waals surface area contributed by atoms with Crippen LogP contribution in [-0.4, -0.2) is 35.0 Å². The number of amides is 1. The van der Waals surface area contributed by atoms with Gasteiger partial charge in [0.1, 0.15) is 12.4 Å². The van der Waals surface area contributed by atoms with Gasteiger partial charge in [-0.2, -0.15) is 0 Å². The maximum Gasteiger partial charge on any atom is 0.269 e. The molecular formula is C23H19N3O4S. The number of hydrogen-bond acceptors (Lipinski definition) is 6. The van der Waals surface area contributed by atoms with Crippen LogP contribution in [0.2, 0.25) is 0 Å². The number of benzene rings is 3. The van der Waals surface area contributed by atoms with E-state index in [4.69, 9.17) is 4.74 Å². The smallest absolute Gasteiger partial charge is 0.269 e. The molecule has 7 nitrogen and oxygen atoms in total. The van der Waals surface area contributed by atoms with Gasteiger partial charge in [0.05, 0.1) is 9.83 Å². The standard InChI is InChI=1S/C23H19N3O4S/c1-24-23-25(2)22(27)21(31-23)13-19-18-6-4-3-5-16(18)9-12-20(19)30-14-15-7-10-17(11-8-15)26(28)29/h3-13H,14H2,1-2H3/b21-13+,24-23?. The number of carbonyl (C=O) groups is 1. The molecule has 1 fully saturated rings. The summed E-state index contributed by atoms with van der Waals surface area (Å²) in [5.41, 5.74) is 1.65. The summed E-state index contributed by atoms with van der Waals surface area (Å²) in [6.07, 6.45) is 1.84. The van der Waals surface area contributed by atoms with Gasteiger partial charge >= 0.3 is 0 Å². The minimum atomic E-state index is -0.431. The summed E-state index contributed by atoms with van der Waals surface area (Å²) >= 11 is 1.33. The molecule has 1 amide bonds. The molecule has 0 saturated carbocycles. The van der Waals surface area contributed by atoms with E-state index in [-0.39, 0.29) is 18.2 Å². The lowest BCUT2D eigenvalue weighted by Gasteiger charge is -2.13. The summed E-state index contributed by atoms with van der Waals surface area (Å²) in [6.45, 7) is 0.245. The highest BCUT2D eigenvalue weighted by Gasteiger charge is 2.30. The van der Waals surface area contributed by atoms with E-state index in [9.17, 15) is 14.9 Å². The van der Waals surface area contributed by atoms with Crippen LogP contribution in [0.3, 0.4) is 0 Å². The largest absolute Gasteiger partial charge is 0.488 e. The lowest BCUT2D eigenvalue weighted by molar-refractivity contribution is -0.384. The second-order valence-electron chi connectivity index (χ2n) is 6.89. The van der Waals surface area contributed by atoms with Crippen molar-refractivity contribution in [3.05, 3.63) is 86.8 Å². The molecule has 0 aromatic heterocycles. The normalized spacial score (nSPS) is 16.5. The van der Waals surface area contributed by atoms with Crippen molar-refractivity contribution in [2.75, 3.05) is 14.1 Å². The Hall–Kier alpha value is -3.65. The second kappa shape index (κ2) is 8.61. The number of fused-ring (bicyclic) bond motifs is 1. The maximum atomic E-state index is 12.7. The van der Waals surface area contributed by atoms with E-state index >= 15 is 0 Å². The van der Waals surface area contributed by atoms with Gasteiger partial charge in [0.2, 0.25) is 0 Å². The third-order valence-electron chi connectivity index (χ3n) is 4.94. The van der Waals surface area contributed by atoms with Crippen molar-refractivity contribution in [2.24, 2.45) is 4.99 Å². The van der Waals surface area contributed by atoms with E-state index < -0.39 is 4.92 Å². The van der Waals surface area contributed by atoms with Gasteiger partial charge in [0.25, 0.3) is 11.6 Å². The van der Waals surface area contributed by atoms with Crippen LogP contribution in [0.15, 0.2) is 70.6 Å². The van der Waals surface area contributed by atoms with Crippen LogP contribution in [0.5, 0.6) is 5.75 Å². The average Bonchev–Trinajstić information content (AvgIpc) is 3.06. The zero-order valence-electron chi connectivity index (χ0n) is 16.9. The fourth-order valence-corrected chi connectivity index (χ4v) is 4.21. The molecular weight excluding hydrogens is 414 g/mol. The monoisotopic (exact) mass is 433 g/mol. The molecule has 4 rings (SSSR count). The van der Waals surface area contributed by atoms with Gasteiger partial charge in [-0.1, -0.05) is 30.3 Å². The van der Waals surface area contributed by atoms with Gasteiger partial charge in [-0.3, -0.25) is 24.8 Å². The highest BCUT2D eigenvalue weighted by molar-refractivity contribution is 8.18. The van der Waals surface area contributed by atoms with Gasteiger partial charge < -0.3 is 4.74 Å². The number of nitro groups is 1. The molecule has 1 saturated heterocycles. The fourth-order valence-electron chi connectivity index (χ4n) is 3.31. The second-order valence-corrected chi connectivity index (χ2v) is 7.90. The molecule has 0 radical (unpaired) electrons. The summed E-state index contributed by atoms with van der Waals surface area (Å²) in [6, 6.07) is 18.0. The van der Waals surface area contributed by atoms with Gasteiger partial charge in [-0.15, -0.1) is 0 Å². The summed E-state index contributed by atoms with van der Waals surface area (Å²) in [5.74, 6) is 0.516. The number of amidine groups is 1. The Morgan fingerprint density at radius 2 is 1.87 bits per heavy atom. The van der Waals surface area contributed by atoms with Crippen LogP contribution in [0.1, 0.15) is 11.1 Å². The fraction of sp³-hybridized carbons (Fsp3) is 0.130. The number of non-ortho nitro benzene ring substituents is 1. The van der Waals surface area contributed by atoms with Crippen molar-refractivity contribution in [2.45, 2.75) is 6.61 Å². The number of nitro benzene ring substituents is 1. The quantitative estimate of drug-likeness (QED) is 0.326. The predicted octanol–water partition coefficient (Wildman–Crippen LogP) is 4.86. The van der Waals surface area contributed by atoms with Crippen molar-refractivity contribution < 1.29 is 14.5 Å². The first-order valence-corrected chi connectivity index (χ1v) is 10.3. The molecule has 0 atom stereocenters. The topological polar surface area (TPSA) is 85.0 Å². The number of aliphatic imine (C=N–C) groups is 1. The van der Waals surface area contributed by atoms with Crippen molar-refractivity contribution in [1.29, 1.82) is 0 Å². The van der Waals surface area contributed by atoms with Gasteiger partial charge in [-0.25, -0.2) is 0 Å². The first-order chi connectivity index (χ1) is 15.0. The number of likely N-dealkylation sites (N-methyl/N-ethyl adjacent to an activating group) is 1. The Bertz CT molecular complexity index is 1240. The lowest BCUT2D eigenvalue weighted by Crippen LogP contribution is -2.23. The number of hydrogen-bond donors (Lipinski definition) is 0. The molecule has 1 aliphatic heterocycles. The first-order valence-electron chi connectivity index (χ1n) is 9.50. The molecule has 3 aromatic carbocycles. The van der Waals surface area contributed by atoms with Crippen molar-refractivity contribution >= 4 is 45.4 Å². The molecule has 31 heavy (non-hydrogen) atoms. The molecule has 0 aliphatic carbocycles. The number of carbonyl (C=O) groups excluding carboxylic acids is 1. The third kappa shape index (κ3) is 4.15. The molecule has 0 spiro atoms. The molecule has 1 heterocycles. The predicted molar refractivity (Wildman–Crippen MR) is 123 cm³/mol. The summed E-state index contributed by atoms with van der Waals surface area (Å²) < 4.78 is 6.08. The van der Waals surface area contributed by atoms with Crippen LogP contribution in [0, 0.1) is 10.1 Å². The van der Waals surface area contributed by atoms with Gasteiger partial charge in [0.15, 0.2) is 5.17 Å². The van der Waals surface area contributed by atoms with Crippen LogP contribution >= 0.6 is 11.8 Å². The Balaban J connectivity index is 1.70. The molecule has 8 heteroatoms. The van der Waals surface area contributed by atoms with Crippen molar-refractivity contribution in [3.63, 3.8) is 0 Å². The molecule has 0 N–H and O–H groups in total. The van der Waals surface area contributed by atoms with E-state index in [0.717, 1.165) is 21.9 Å². The third-order valence-corrected chi connectivity index (χ3v) is 6.09. The highest BCUT2D eigenvalue weighted by Crippen LogP contribution is 2.36. The maximum absolute atomic E-state index is 12.7. The molecule has 1 aliphatic rings. The number of thioether (sulfide) groups is 1. The van der Waals surface area contributed by atoms with E-state index in [0.29, 0.717) is 15.8 Å². The summed E-state index contributed by atoms with van der Waals surface area (Å²) in [4.78, 5) is 29.3. The first kappa shape index (κ1) is 20.6. The average molecular weight is 433 g/mol. The van der Waals surface area contributed by atoms with E-state index in [1.54, 1.807) is 26.2 Å². The molecule has 156 valence electrons. The number of nitrogens with zero attached hydrogens (tertiary/aromatic N) is 3. The van der Waals surface area contributed by atoms with E-state index in [2.05, 4.69) is 4.99 Å². The van der Waals surface area contributed by atoms with Crippen LogP contribution in [0.4, 0.5) is 5.69 Å². The van der Waals surface area contributed by atoms with E-state index in [1.165, 1.54) is 28.8 Å². The Labute approximate surface area is 183 Å². The van der Waals surface area contributed by atoms with Gasteiger partial charge in [0, 0.05) is 31.8 Å². The van der Waals surface area contributed by atoms with Crippen LogP contribution < -0.4 is 4.74 Å². The highest BCUT2D eigenvalue weighted by atomic mass is 32.2. The lowest BCUT2D eigenvalue weighted by atomic mass is 10.0. The molecule has 0 unspecified atom stereocenters. The molecule has 0 bridgehead atoms. The zero-order chi connectivity index (χ0) is 22.0. The van der Waals surface area contributed by atoms with E-state index in [1.807, 2.05) is 42.5 Å².